The van der Waals surface area contributed by atoms with Crippen LogP contribution in [-0.2, 0) is 9.47 Å². The summed E-state index contributed by atoms with van der Waals surface area (Å²) in [6.07, 6.45) is 7.87. The highest BCUT2D eigenvalue weighted by molar-refractivity contribution is 5.97. The zero-order valence-corrected chi connectivity index (χ0v) is 21.2. The van der Waals surface area contributed by atoms with E-state index in [9.17, 15) is 4.79 Å². The van der Waals surface area contributed by atoms with Crippen LogP contribution in [0.5, 0.6) is 0 Å². The molecule has 37 heavy (non-hydrogen) atoms. The number of nitrogens with one attached hydrogen (secondary N) is 2. The lowest BCUT2D eigenvalue weighted by Gasteiger charge is -2.39. The van der Waals surface area contributed by atoms with Gasteiger partial charge in [0.05, 0.1) is 26.4 Å². The van der Waals surface area contributed by atoms with Gasteiger partial charge in [-0.05, 0) is 24.3 Å². The van der Waals surface area contributed by atoms with Crippen molar-refractivity contribution in [3.63, 3.8) is 0 Å². The van der Waals surface area contributed by atoms with Gasteiger partial charge in [-0.15, -0.1) is 0 Å². The van der Waals surface area contributed by atoms with Gasteiger partial charge in [0.1, 0.15) is 16.9 Å². The van der Waals surface area contributed by atoms with Crippen molar-refractivity contribution in [2.75, 3.05) is 70.6 Å². The molecule has 0 radical (unpaired) electrons. The molecular formula is C26H34FN7O3. The lowest BCUT2D eigenvalue weighted by atomic mass is 10.0. The minimum atomic E-state index is -0.403. The van der Waals surface area contributed by atoms with Crippen molar-refractivity contribution >= 4 is 28.3 Å². The molecule has 0 bridgehead atoms. The van der Waals surface area contributed by atoms with E-state index in [2.05, 4.69) is 25.3 Å². The summed E-state index contributed by atoms with van der Waals surface area (Å²) in [4.78, 5) is 29.8. The zero-order chi connectivity index (χ0) is 25.4. The minimum absolute atomic E-state index is 0.133. The molecule has 4 aliphatic rings. The van der Waals surface area contributed by atoms with E-state index < -0.39 is 5.82 Å². The van der Waals surface area contributed by atoms with Gasteiger partial charge in [-0.1, -0.05) is 25.2 Å². The van der Waals surface area contributed by atoms with Crippen molar-refractivity contribution < 1.29 is 18.7 Å². The van der Waals surface area contributed by atoms with Crippen LogP contribution in [0, 0.1) is 11.7 Å². The van der Waals surface area contributed by atoms with Crippen LogP contribution >= 0.6 is 0 Å². The Morgan fingerprint density at radius 2 is 1.76 bits per heavy atom. The Hall–Kier alpha value is -2.86. The van der Waals surface area contributed by atoms with Gasteiger partial charge in [0.15, 0.2) is 17.3 Å². The predicted molar refractivity (Wildman–Crippen MR) is 138 cm³/mol. The number of carbonyl (C=O) groups excluding carboxylic acids is 1. The van der Waals surface area contributed by atoms with Crippen LogP contribution < -0.4 is 10.3 Å². The summed E-state index contributed by atoms with van der Waals surface area (Å²) in [5.74, 6) is -0.397. The molecule has 3 fully saturated rings. The number of H-pyrrole nitrogens is 1. The van der Waals surface area contributed by atoms with Gasteiger partial charge in [0, 0.05) is 45.3 Å². The van der Waals surface area contributed by atoms with Crippen LogP contribution in [0.15, 0.2) is 18.2 Å². The number of anilines is 1. The van der Waals surface area contributed by atoms with Gasteiger partial charge < -0.3 is 19.4 Å². The van der Waals surface area contributed by atoms with Gasteiger partial charge in [-0.3, -0.25) is 15.1 Å². The Balaban J connectivity index is 1.23. The lowest BCUT2D eigenvalue weighted by Crippen LogP contribution is -2.53. The summed E-state index contributed by atoms with van der Waals surface area (Å²) < 4.78 is 26.9. The molecule has 3 saturated heterocycles. The number of hydrogen-bond donors (Lipinski definition) is 2. The van der Waals surface area contributed by atoms with Crippen LogP contribution in [0.4, 0.5) is 10.1 Å². The van der Waals surface area contributed by atoms with E-state index in [1.165, 1.54) is 0 Å². The van der Waals surface area contributed by atoms with E-state index in [1.807, 2.05) is 35.1 Å². The second-order valence-corrected chi connectivity index (χ2v) is 10.2. The molecule has 11 heteroatoms. The molecule has 1 atom stereocenters. The molecule has 3 aliphatic heterocycles. The summed E-state index contributed by atoms with van der Waals surface area (Å²) in [7, 11) is 0. The Morgan fingerprint density at radius 1 is 1.05 bits per heavy atom. The smallest absolute Gasteiger partial charge is 0.301 e. The predicted octanol–water partition coefficient (Wildman–Crippen LogP) is 1.96. The number of ether oxygens (including phenoxy) is 2. The average Bonchev–Trinajstić information content (AvgIpc) is 3.56. The summed E-state index contributed by atoms with van der Waals surface area (Å²) in [6.45, 7) is 9.24. The fourth-order valence-corrected chi connectivity index (χ4v) is 5.66. The van der Waals surface area contributed by atoms with Crippen LogP contribution in [0.1, 0.15) is 36.1 Å². The number of hydrogen-bond acceptors (Lipinski definition) is 8. The van der Waals surface area contributed by atoms with E-state index >= 15 is 4.39 Å². The normalized spacial score (nSPS) is 24.1. The Kier molecular flexibility index (Phi) is 6.94. The Morgan fingerprint density at radius 3 is 2.43 bits per heavy atom. The second kappa shape index (κ2) is 10.5. The number of piperidine rings is 1. The van der Waals surface area contributed by atoms with Crippen LogP contribution in [0.25, 0.3) is 16.7 Å². The number of carbonyl (C=O) groups is 1. The first-order valence-electron chi connectivity index (χ1n) is 13.3. The van der Waals surface area contributed by atoms with Crippen LogP contribution in [0.2, 0.25) is 0 Å². The summed E-state index contributed by atoms with van der Waals surface area (Å²) in [6, 6.07) is 0.520. The Labute approximate surface area is 215 Å². The number of pyridine rings is 1. The van der Waals surface area contributed by atoms with Gasteiger partial charge in [-0.25, -0.2) is 19.4 Å². The third kappa shape index (κ3) is 5.00. The molecule has 1 amide bonds. The van der Waals surface area contributed by atoms with E-state index in [1.54, 1.807) is 0 Å². The first-order valence-corrected chi connectivity index (χ1v) is 13.3. The standard InChI is InChI=1S/C26H34FN7O3/c1-17-2-3-18(16-17)21-20(27)23(33-10-14-37-15-11-33)22-24(28-21)30-25(29-22)26(35)31-34-6-4-19(5-7-34)32-8-12-36-13-9-32/h2-3,16-17,19H,4-15H2,1H3,(H,31,35)(H,28,29,30). The molecule has 10 nitrogen and oxygen atoms in total. The highest BCUT2D eigenvalue weighted by atomic mass is 19.1. The lowest BCUT2D eigenvalue weighted by molar-refractivity contribution is -0.00388. The fourth-order valence-electron chi connectivity index (χ4n) is 5.66. The third-order valence-corrected chi connectivity index (χ3v) is 7.68. The molecule has 1 aliphatic carbocycles. The first kappa shape index (κ1) is 24.5. The van der Waals surface area contributed by atoms with E-state index in [4.69, 9.17) is 9.47 Å². The van der Waals surface area contributed by atoms with E-state index in [-0.39, 0.29) is 23.3 Å². The number of nitrogens with zero attached hydrogens (tertiary/aromatic N) is 5. The number of allylic oxidation sites excluding steroid dienone is 4. The van der Waals surface area contributed by atoms with Crippen molar-refractivity contribution in [2.45, 2.75) is 25.8 Å². The molecule has 2 aromatic rings. The molecule has 2 N–H and O–H groups in total. The summed E-state index contributed by atoms with van der Waals surface area (Å²) >= 11 is 0. The molecular weight excluding hydrogens is 477 g/mol. The second-order valence-electron chi connectivity index (χ2n) is 10.2. The number of imidazole rings is 1. The van der Waals surface area contributed by atoms with Gasteiger partial charge in [0.25, 0.3) is 0 Å². The third-order valence-electron chi connectivity index (χ3n) is 7.68. The topological polar surface area (TPSA) is 98.8 Å². The zero-order valence-electron chi connectivity index (χ0n) is 21.2. The van der Waals surface area contributed by atoms with E-state index in [0.29, 0.717) is 49.2 Å². The number of fused-ring (bicyclic) bond motifs is 1. The molecule has 0 saturated carbocycles. The van der Waals surface area contributed by atoms with Gasteiger partial charge >= 0.3 is 5.91 Å². The maximum absolute atomic E-state index is 16.0. The molecule has 0 aromatic carbocycles. The van der Waals surface area contributed by atoms with E-state index in [0.717, 1.165) is 57.8 Å². The van der Waals surface area contributed by atoms with Crippen molar-refractivity contribution in [1.82, 2.24) is 30.3 Å². The molecule has 0 spiro atoms. The average molecular weight is 512 g/mol. The first-order chi connectivity index (χ1) is 18.1. The summed E-state index contributed by atoms with van der Waals surface area (Å²) in [5, 5.41) is 1.95. The monoisotopic (exact) mass is 511 g/mol. The van der Waals surface area contributed by atoms with Crippen molar-refractivity contribution in [1.29, 1.82) is 0 Å². The van der Waals surface area contributed by atoms with Crippen molar-refractivity contribution in [3.05, 3.63) is 35.6 Å². The largest absolute Gasteiger partial charge is 0.379 e. The number of rotatable bonds is 5. The maximum Gasteiger partial charge on any atom is 0.301 e. The number of hydrazine groups is 1. The van der Waals surface area contributed by atoms with Gasteiger partial charge in [0.2, 0.25) is 0 Å². The quantitative estimate of drug-likeness (QED) is 0.629. The molecule has 198 valence electrons. The van der Waals surface area contributed by atoms with Crippen molar-refractivity contribution in [3.8, 4) is 0 Å². The number of aromatic amines is 1. The molecule has 2 aromatic heterocycles. The number of aromatic nitrogens is 3. The molecule has 1 unspecified atom stereocenters. The highest BCUT2D eigenvalue weighted by Gasteiger charge is 2.29. The Bertz CT molecular complexity index is 1210. The number of halogens is 1. The fraction of sp³-hybridized carbons (Fsp3) is 0.577. The summed E-state index contributed by atoms with van der Waals surface area (Å²) in [5.41, 5.74) is 5.16. The van der Waals surface area contributed by atoms with Gasteiger partial charge in [-0.2, -0.15) is 0 Å². The van der Waals surface area contributed by atoms with Crippen molar-refractivity contribution in [2.24, 2.45) is 5.92 Å². The number of morpholine rings is 2. The number of amides is 1. The maximum atomic E-state index is 16.0. The SMILES string of the molecule is CC1C=CC(c2nc3nc(C(=O)NN4CCC(N5CCOCC5)CC4)[nH]c3c(N3CCOCC3)c2F)=C1. The minimum Gasteiger partial charge on any atom is -0.379 e. The molecule has 6 rings (SSSR count). The van der Waals surface area contributed by atoms with Crippen LogP contribution in [0.3, 0.4) is 0 Å². The van der Waals surface area contributed by atoms with Crippen LogP contribution in [-0.4, -0.2) is 103 Å². The molecule has 5 heterocycles. The highest BCUT2D eigenvalue weighted by Crippen LogP contribution is 2.35.